The maximum absolute atomic E-state index is 13.0. The second-order valence-corrected chi connectivity index (χ2v) is 10.3. The van der Waals surface area contributed by atoms with Crippen molar-refractivity contribution in [1.82, 2.24) is 9.29 Å². The first kappa shape index (κ1) is 24.6. The Bertz CT molecular complexity index is 1330. The maximum Gasteiger partial charge on any atom is 0.361 e. The van der Waals surface area contributed by atoms with Crippen LogP contribution in [0, 0.1) is 13.8 Å². The summed E-state index contributed by atoms with van der Waals surface area (Å²) >= 11 is 0. The van der Waals surface area contributed by atoms with E-state index >= 15 is 0 Å². The van der Waals surface area contributed by atoms with E-state index in [1.54, 1.807) is 32.0 Å². The van der Waals surface area contributed by atoms with Gasteiger partial charge in [0, 0.05) is 24.3 Å². The predicted octanol–water partition coefficient (Wildman–Crippen LogP) is 3.93. The van der Waals surface area contributed by atoms with Crippen molar-refractivity contribution in [1.29, 1.82) is 0 Å². The molecule has 3 aromatic rings. The third kappa shape index (κ3) is 5.60. The van der Waals surface area contributed by atoms with Crippen LogP contribution >= 0.6 is 0 Å². The lowest BCUT2D eigenvalue weighted by Crippen LogP contribution is -2.35. The number of anilines is 1. The fourth-order valence-corrected chi connectivity index (χ4v) is 5.37. The maximum atomic E-state index is 13.0. The van der Waals surface area contributed by atoms with Crippen molar-refractivity contribution in [2.24, 2.45) is 0 Å². The summed E-state index contributed by atoms with van der Waals surface area (Å²) in [5.74, 6) is -0.831. The van der Waals surface area contributed by atoms with Crippen molar-refractivity contribution in [2.45, 2.75) is 38.0 Å². The lowest BCUT2D eigenvalue weighted by molar-refractivity contribution is -0.119. The Morgan fingerprint density at radius 3 is 2.49 bits per heavy atom. The van der Waals surface area contributed by atoms with Gasteiger partial charge in [0.05, 0.1) is 4.90 Å². The number of nitrogens with zero attached hydrogens (tertiary/aromatic N) is 2. The van der Waals surface area contributed by atoms with Crippen molar-refractivity contribution in [3.63, 3.8) is 0 Å². The van der Waals surface area contributed by atoms with E-state index in [1.165, 1.54) is 16.4 Å². The standard InChI is InChI=1S/C25H27N3O6S/c1-17-11-12-20(35(31,32)28-13-7-4-8-14-28)15-21(17)26-22(29)16-33-25(30)23-18(2)34-24(27-23)19-9-5-3-6-10-19/h3,5-6,9-12,15H,4,7-8,13-14,16H2,1-2H3,(H,26,29). The molecule has 1 N–H and O–H groups in total. The zero-order valence-corrected chi connectivity index (χ0v) is 20.4. The molecule has 0 bridgehead atoms. The van der Waals surface area contributed by atoms with Gasteiger partial charge in [-0.25, -0.2) is 18.2 Å². The fourth-order valence-electron chi connectivity index (χ4n) is 3.83. The number of esters is 1. The van der Waals surface area contributed by atoms with Crippen LogP contribution in [-0.2, 0) is 19.6 Å². The summed E-state index contributed by atoms with van der Waals surface area (Å²) in [5, 5.41) is 2.64. The van der Waals surface area contributed by atoms with Crippen molar-refractivity contribution in [2.75, 3.05) is 25.0 Å². The van der Waals surface area contributed by atoms with Crippen LogP contribution in [0.5, 0.6) is 0 Å². The largest absolute Gasteiger partial charge is 0.451 e. The molecular formula is C25H27N3O6S. The molecule has 2 heterocycles. The molecular weight excluding hydrogens is 470 g/mol. The number of benzene rings is 2. The number of piperidine rings is 1. The molecule has 1 saturated heterocycles. The third-order valence-corrected chi connectivity index (χ3v) is 7.68. The van der Waals surface area contributed by atoms with Gasteiger partial charge in [0.2, 0.25) is 15.9 Å². The van der Waals surface area contributed by atoms with Crippen molar-refractivity contribution >= 4 is 27.6 Å². The summed E-state index contributed by atoms with van der Waals surface area (Å²) < 4.78 is 38.1. The monoisotopic (exact) mass is 497 g/mol. The first-order valence-electron chi connectivity index (χ1n) is 11.4. The number of nitrogens with one attached hydrogen (secondary N) is 1. The number of hydrogen-bond donors (Lipinski definition) is 1. The summed E-state index contributed by atoms with van der Waals surface area (Å²) in [7, 11) is -3.65. The first-order chi connectivity index (χ1) is 16.8. The zero-order chi connectivity index (χ0) is 25.0. The molecule has 0 atom stereocenters. The number of sulfonamides is 1. The van der Waals surface area contributed by atoms with Crippen LogP contribution in [0.3, 0.4) is 0 Å². The van der Waals surface area contributed by atoms with E-state index < -0.39 is 28.5 Å². The van der Waals surface area contributed by atoms with Crippen LogP contribution in [0.2, 0.25) is 0 Å². The molecule has 9 nitrogen and oxygen atoms in total. The van der Waals surface area contributed by atoms with Gasteiger partial charge in [-0.1, -0.05) is 30.7 Å². The average Bonchev–Trinajstić information content (AvgIpc) is 3.26. The highest BCUT2D eigenvalue weighted by molar-refractivity contribution is 7.89. The van der Waals surface area contributed by atoms with Crippen LogP contribution < -0.4 is 5.32 Å². The molecule has 0 aliphatic carbocycles. The van der Waals surface area contributed by atoms with Crippen LogP contribution in [0.15, 0.2) is 57.8 Å². The highest BCUT2D eigenvalue weighted by Crippen LogP contribution is 2.25. The Morgan fingerprint density at radius 2 is 1.77 bits per heavy atom. The van der Waals surface area contributed by atoms with Crippen LogP contribution in [-0.4, -0.2) is 49.3 Å². The second kappa shape index (κ2) is 10.4. The van der Waals surface area contributed by atoms with E-state index in [4.69, 9.17) is 9.15 Å². The summed E-state index contributed by atoms with van der Waals surface area (Å²) in [4.78, 5) is 29.3. The molecule has 2 aromatic carbocycles. The van der Waals surface area contributed by atoms with Crippen molar-refractivity contribution in [3.8, 4) is 11.5 Å². The third-order valence-electron chi connectivity index (χ3n) is 5.78. The van der Waals surface area contributed by atoms with Crippen LogP contribution in [0.1, 0.15) is 41.1 Å². The normalized spacial score (nSPS) is 14.5. The van der Waals surface area contributed by atoms with Gasteiger partial charge in [-0.05, 0) is 56.5 Å². The van der Waals surface area contributed by atoms with E-state index in [0.717, 1.165) is 19.3 Å². The number of aromatic nitrogens is 1. The molecule has 0 radical (unpaired) electrons. The Morgan fingerprint density at radius 1 is 1.06 bits per heavy atom. The molecule has 184 valence electrons. The summed E-state index contributed by atoms with van der Waals surface area (Å²) in [6.07, 6.45) is 2.68. The molecule has 1 amide bonds. The molecule has 10 heteroatoms. The number of hydrogen-bond acceptors (Lipinski definition) is 7. The number of rotatable bonds is 7. The van der Waals surface area contributed by atoms with E-state index in [1.807, 2.05) is 18.2 Å². The summed E-state index contributed by atoms with van der Waals surface area (Å²) in [6.45, 7) is 3.76. The van der Waals surface area contributed by atoms with Gasteiger partial charge in [-0.3, -0.25) is 4.79 Å². The number of carbonyl (C=O) groups excluding carboxylic acids is 2. The Hall–Kier alpha value is -3.50. The van der Waals surface area contributed by atoms with Gasteiger partial charge in [-0.2, -0.15) is 4.31 Å². The van der Waals surface area contributed by atoms with Gasteiger partial charge in [0.1, 0.15) is 5.76 Å². The average molecular weight is 498 g/mol. The first-order valence-corrected chi connectivity index (χ1v) is 12.8. The van der Waals surface area contributed by atoms with Crippen LogP contribution in [0.25, 0.3) is 11.5 Å². The lowest BCUT2D eigenvalue weighted by atomic mass is 10.2. The smallest absolute Gasteiger partial charge is 0.361 e. The molecule has 1 aliphatic heterocycles. The topological polar surface area (TPSA) is 119 Å². The number of oxazole rings is 1. The van der Waals surface area contributed by atoms with Crippen molar-refractivity contribution in [3.05, 3.63) is 65.5 Å². The number of amides is 1. The lowest BCUT2D eigenvalue weighted by Gasteiger charge is -2.26. The zero-order valence-electron chi connectivity index (χ0n) is 19.6. The van der Waals surface area contributed by atoms with E-state index in [2.05, 4.69) is 10.3 Å². The quantitative estimate of drug-likeness (QED) is 0.491. The van der Waals surface area contributed by atoms with E-state index in [9.17, 15) is 18.0 Å². The fraction of sp³-hybridized carbons (Fsp3) is 0.320. The Labute approximate surface area is 204 Å². The molecule has 0 spiro atoms. The Balaban J connectivity index is 1.40. The van der Waals surface area contributed by atoms with Gasteiger partial charge in [0.25, 0.3) is 5.91 Å². The SMILES string of the molecule is Cc1ccc(S(=O)(=O)N2CCCCC2)cc1NC(=O)COC(=O)c1nc(-c2ccccc2)oc1C. The Kier molecular flexibility index (Phi) is 7.32. The molecule has 1 aromatic heterocycles. The summed E-state index contributed by atoms with van der Waals surface area (Å²) in [6, 6.07) is 13.7. The van der Waals surface area contributed by atoms with Gasteiger partial charge in [0.15, 0.2) is 12.3 Å². The highest BCUT2D eigenvalue weighted by atomic mass is 32.2. The minimum atomic E-state index is -3.65. The van der Waals surface area contributed by atoms with Gasteiger partial charge in [-0.15, -0.1) is 0 Å². The molecule has 0 saturated carbocycles. The number of ether oxygens (including phenoxy) is 1. The minimum Gasteiger partial charge on any atom is -0.451 e. The molecule has 1 aliphatic rings. The van der Waals surface area contributed by atoms with Gasteiger partial charge < -0.3 is 14.5 Å². The number of carbonyl (C=O) groups is 2. The molecule has 4 rings (SSSR count). The second-order valence-electron chi connectivity index (χ2n) is 8.36. The molecule has 1 fully saturated rings. The molecule has 35 heavy (non-hydrogen) atoms. The number of aryl methyl sites for hydroxylation is 2. The molecule has 0 unspecified atom stereocenters. The predicted molar refractivity (Wildman–Crippen MR) is 129 cm³/mol. The van der Waals surface area contributed by atoms with Gasteiger partial charge >= 0.3 is 5.97 Å². The van der Waals surface area contributed by atoms with Crippen LogP contribution in [0.4, 0.5) is 5.69 Å². The highest BCUT2D eigenvalue weighted by Gasteiger charge is 2.27. The van der Waals surface area contributed by atoms with E-state index in [-0.39, 0.29) is 22.2 Å². The minimum absolute atomic E-state index is 0.0116. The summed E-state index contributed by atoms with van der Waals surface area (Å²) in [5.41, 5.74) is 1.72. The van der Waals surface area contributed by atoms with Crippen molar-refractivity contribution < 1.29 is 27.2 Å². The van der Waals surface area contributed by atoms with E-state index in [0.29, 0.717) is 29.9 Å².